The van der Waals surface area contributed by atoms with E-state index in [1.165, 1.54) is 12.2 Å². The molecule has 3 rings (SSSR count). The summed E-state index contributed by atoms with van der Waals surface area (Å²) in [5.74, 6) is -0.780. The number of hydrogen-bond donors (Lipinski definition) is 0. The van der Waals surface area contributed by atoms with Crippen LogP contribution in [0, 0.1) is 0 Å². The van der Waals surface area contributed by atoms with Crippen LogP contribution in [0.1, 0.15) is 17.5 Å². The lowest BCUT2D eigenvalue weighted by molar-refractivity contribution is -0.145. The van der Waals surface area contributed by atoms with E-state index in [0.29, 0.717) is 12.8 Å². The molecule has 0 unspecified atom stereocenters. The van der Waals surface area contributed by atoms with E-state index in [1.54, 1.807) is 12.2 Å². The second-order valence-electron chi connectivity index (χ2n) is 6.18. The lowest BCUT2D eigenvalue weighted by atomic mass is 9.91. The molecule has 0 aromatic heterocycles. The van der Waals surface area contributed by atoms with Crippen molar-refractivity contribution < 1.29 is 19.1 Å². The van der Waals surface area contributed by atoms with E-state index in [2.05, 4.69) is 0 Å². The van der Waals surface area contributed by atoms with Crippen molar-refractivity contribution in [2.75, 3.05) is 0 Å². The van der Waals surface area contributed by atoms with Gasteiger partial charge in [0.2, 0.25) is 0 Å². The third-order valence-corrected chi connectivity index (χ3v) is 4.11. The predicted molar refractivity (Wildman–Crippen MR) is 98.1 cm³/mol. The van der Waals surface area contributed by atoms with Crippen LogP contribution < -0.4 is 0 Å². The van der Waals surface area contributed by atoms with Gasteiger partial charge >= 0.3 is 11.9 Å². The van der Waals surface area contributed by atoms with Crippen molar-refractivity contribution in [1.29, 1.82) is 0 Å². The fourth-order valence-electron chi connectivity index (χ4n) is 2.84. The summed E-state index contributed by atoms with van der Waals surface area (Å²) in [5.41, 5.74) is 1.24. The number of ether oxygens (including phenoxy) is 2. The van der Waals surface area contributed by atoms with Crippen molar-refractivity contribution in [2.45, 2.75) is 25.0 Å². The minimum absolute atomic E-state index is 0.230. The highest BCUT2D eigenvalue weighted by atomic mass is 16.6. The first-order valence-electron chi connectivity index (χ1n) is 8.49. The van der Waals surface area contributed by atoms with Gasteiger partial charge < -0.3 is 9.47 Å². The first-order valence-corrected chi connectivity index (χ1v) is 8.49. The summed E-state index contributed by atoms with van der Waals surface area (Å²) < 4.78 is 10.7. The Morgan fingerprint density at radius 2 is 1.65 bits per heavy atom. The van der Waals surface area contributed by atoms with Gasteiger partial charge in [-0.1, -0.05) is 66.7 Å². The van der Waals surface area contributed by atoms with Gasteiger partial charge in [0.15, 0.2) is 0 Å². The van der Waals surface area contributed by atoms with Gasteiger partial charge in [-0.25, -0.2) is 9.59 Å². The molecule has 1 heterocycles. The first kappa shape index (κ1) is 17.7. The predicted octanol–water partition coefficient (Wildman–Crippen LogP) is 3.77. The van der Waals surface area contributed by atoms with E-state index in [4.69, 9.17) is 9.47 Å². The maximum Gasteiger partial charge on any atom is 0.331 e. The summed E-state index contributed by atoms with van der Waals surface area (Å²) in [6.45, 7) is 0.230. The molecule has 0 amide bonds. The third-order valence-electron chi connectivity index (χ3n) is 4.11. The zero-order chi connectivity index (χ0) is 18.2. The zero-order valence-corrected chi connectivity index (χ0v) is 14.3. The highest BCUT2D eigenvalue weighted by Gasteiger charge is 2.34. The Labute approximate surface area is 152 Å². The molecule has 0 N–H and O–H groups in total. The van der Waals surface area contributed by atoms with Crippen LogP contribution in [0.15, 0.2) is 85.0 Å². The van der Waals surface area contributed by atoms with Gasteiger partial charge in [-0.15, -0.1) is 0 Å². The molecule has 4 nitrogen and oxygen atoms in total. The minimum Gasteiger partial charge on any atom is -0.458 e. The average molecular weight is 348 g/mol. The van der Waals surface area contributed by atoms with Crippen LogP contribution in [0.25, 0.3) is 0 Å². The summed E-state index contributed by atoms with van der Waals surface area (Å²) in [7, 11) is 0. The molecular formula is C22H20O4. The smallest absolute Gasteiger partial charge is 0.331 e. The van der Waals surface area contributed by atoms with Crippen LogP contribution in [0.2, 0.25) is 0 Å². The maximum absolute atomic E-state index is 11.9. The number of carbonyl (C=O) groups is 2. The standard InChI is InChI=1S/C22H20O4/c23-20(25-17-19-10-5-2-6-11-19)12-7-14-22(15-13-21(24)26-22)16-18-8-3-1-4-9-18/h1-13,15H,14,16-17H2/b12-7+/t22-/m1/s1. The Morgan fingerprint density at radius 3 is 2.27 bits per heavy atom. The van der Waals surface area contributed by atoms with Crippen molar-refractivity contribution >= 4 is 11.9 Å². The second-order valence-corrected chi connectivity index (χ2v) is 6.18. The SMILES string of the molecule is O=C1C=C[C@](C/C=C/C(=O)OCc2ccccc2)(Cc2ccccc2)O1. The molecule has 0 radical (unpaired) electrons. The van der Waals surface area contributed by atoms with Crippen molar-refractivity contribution in [1.82, 2.24) is 0 Å². The van der Waals surface area contributed by atoms with Crippen molar-refractivity contribution in [3.63, 3.8) is 0 Å². The Balaban J connectivity index is 1.57. The molecular weight excluding hydrogens is 328 g/mol. The van der Waals surface area contributed by atoms with E-state index >= 15 is 0 Å². The lowest BCUT2D eigenvalue weighted by Gasteiger charge is -2.25. The fourth-order valence-corrected chi connectivity index (χ4v) is 2.84. The van der Waals surface area contributed by atoms with Gasteiger partial charge in [0.05, 0.1) is 0 Å². The molecule has 26 heavy (non-hydrogen) atoms. The highest BCUT2D eigenvalue weighted by molar-refractivity contribution is 5.85. The van der Waals surface area contributed by atoms with Crippen LogP contribution in [0.5, 0.6) is 0 Å². The van der Waals surface area contributed by atoms with Crippen LogP contribution in [0.4, 0.5) is 0 Å². The van der Waals surface area contributed by atoms with Crippen molar-refractivity contribution in [3.8, 4) is 0 Å². The average Bonchev–Trinajstić information content (AvgIpc) is 3.02. The molecule has 2 aromatic carbocycles. The minimum atomic E-state index is -0.755. The van der Waals surface area contributed by atoms with Gasteiger partial charge in [0.1, 0.15) is 12.2 Å². The number of esters is 2. The largest absolute Gasteiger partial charge is 0.458 e. The third kappa shape index (κ3) is 4.93. The molecule has 0 saturated heterocycles. The summed E-state index contributed by atoms with van der Waals surface area (Å²) >= 11 is 0. The molecule has 132 valence electrons. The summed E-state index contributed by atoms with van der Waals surface area (Å²) in [4.78, 5) is 23.5. The van der Waals surface area contributed by atoms with Crippen LogP contribution >= 0.6 is 0 Å². The molecule has 2 aromatic rings. The van der Waals surface area contributed by atoms with E-state index in [0.717, 1.165) is 11.1 Å². The molecule has 0 saturated carbocycles. The maximum atomic E-state index is 11.9. The quantitative estimate of drug-likeness (QED) is 0.565. The van der Waals surface area contributed by atoms with Gasteiger partial charge in [-0.05, 0) is 17.2 Å². The monoisotopic (exact) mass is 348 g/mol. The molecule has 0 aliphatic carbocycles. The molecule has 0 spiro atoms. The Hall–Kier alpha value is -3.14. The molecule has 0 fully saturated rings. The molecule has 1 aliphatic heterocycles. The van der Waals surface area contributed by atoms with E-state index in [9.17, 15) is 9.59 Å². The van der Waals surface area contributed by atoms with Gasteiger partial charge in [-0.2, -0.15) is 0 Å². The first-order chi connectivity index (χ1) is 12.7. The van der Waals surface area contributed by atoms with Gasteiger partial charge in [-0.3, -0.25) is 0 Å². The summed E-state index contributed by atoms with van der Waals surface area (Å²) in [6.07, 6.45) is 7.24. The number of rotatable bonds is 7. The van der Waals surface area contributed by atoms with Crippen molar-refractivity contribution in [3.05, 3.63) is 96.1 Å². The number of carbonyl (C=O) groups excluding carboxylic acids is 2. The molecule has 0 bridgehead atoms. The Kier molecular flexibility index (Phi) is 5.64. The van der Waals surface area contributed by atoms with E-state index in [-0.39, 0.29) is 12.6 Å². The molecule has 1 aliphatic rings. The second kappa shape index (κ2) is 8.30. The topological polar surface area (TPSA) is 52.6 Å². The molecule has 1 atom stereocenters. The van der Waals surface area contributed by atoms with Gasteiger partial charge in [0.25, 0.3) is 0 Å². The summed E-state index contributed by atoms with van der Waals surface area (Å²) in [5, 5.41) is 0. The van der Waals surface area contributed by atoms with Crippen LogP contribution in [0.3, 0.4) is 0 Å². The number of benzene rings is 2. The molecule has 4 heteroatoms. The van der Waals surface area contributed by atoms with Gasteiger partial charge in [0, 0.05) is 25.0 Å². The number of hydrogen-bond acceptors (Lipinski definition) is 4. The van der Waals surface area contributed by atoms with E-state index < -0.39 is 11.6 Å². The summed E-state index contributed by atoms with van der Waals surface area (Å²) in [6, 6.07) is 19.3. The lowest BCUT2D eigenvalue weighted by Crippen LogP contribution is -2.30. The van der Waals surface area contributed by atoms with E-state index in [1.807, 2.05) is 60.7 Å². The zero-order valence-electron chi connectivity index (χ0n) is 14.3. The highest BCUT2D eigenvalue weighted by Crippen LogP contribution is 2.29. The van der Waals surface area contributed by atoms with Crippen LogP contribution in [-0.2, 0) is 32.1 Å². The Bertz CT molecular complexity index is 809. The number of cyclic esters (lactones) is 1. The normalized spacial score (nSPS) is 18.8. The Morgan fingerprint density at radius 1 is 1.00 bits per heavy atom. The fraction of sp³-hybridized carbons (Fsp3) is 0.182. The van der Waals surface area contributed by atoms with Crippen molar-refractivity contribution in [2.24, 2.45) is 0 Å². The van der Waals surface area contributed by atoms with Crippen LogP contribution in [-0.4, -0.2) is 17.5 Å².